The summed E-state index contributed by atoms with van der Waals surface area (Å²) in [4.78, 5) is 19.3. The van der Waals surface area contributed by atoms with Gasteiger partial charge in [0.25, 0.3) is 0 Å². The number of nitrogens with zero attached hydrogens (tertiary/aromatic N) is 2. The van der Waals surface area contributed by atoms with E-state index in [2.05, 4.69) is 26.6 Å². The van der Waals surface area contributed by atoms with Gasteiger partial charge in [-0.2, -0.15) is 13.2 Å². The van der Waals surface area contributed by atoms with E-state index in [0.29, 0.717) is 30.6 Å². The lowest BCUT2D eigenvalue weighted by atomic mass is 9.91. The average Bonchev–Trinajstić information content (AvgIpc) is 3.22. The van der Waals surface area contributed by atoms with Crippen LogP contribution in [0.5, 0.6) is 0 Å². The molecule has 2 aliphatic rings. The van der Waals surface area contributed by atoms with Gasteiger partial charge in [0.15, 0.2) is 5.78 Å². The largest absolute Gasteiger partial charge is 0.418 e. The van der Waals surface area contributed by atoms with Crippen LogP contribution in [0.3, 0.4) is 0 Å². The number of ketones is 1. The summed E-state index contributed by atoms with van der Waals surface area (Å²) >= 11 is 0. The Balaban J connectivity index is 1.35. The van der Waals surface area contributed by atoms with Crippen molar-refractivity contribution in [3.63, 3.8) is 0 Å². The van der Waals surface area contributed by atoms with Gasteiger partial charge in [-0.05, 0) is 55.3 Å². The molecule has 0 saturated carbocycles. The van der Waals surface area contributed by atoms with Gasteiger partial charge in [0.05, 0.1) is 35.2 Å². The Morgan fingerprint density at radius 3 is 2.84 bits per heavy atom. The number of halogens is 3. The summed E-state index contributed by atoms with van der Waals surface area (Å²) in [6.45, 7) is 1.38. The normalized spacial score (nSPS) is 20.8. The Morgan fingerprint density at radius 2 is 2.00 bits per heavy atom. The van der Waals surface area contributed by atoms with E-state index in [9.17, 15) is 18.0 Å². The number of Topliss-reactive ketones (excluding diaryl/α,β-unsaturated/α-hetero) is 1. The van der Waals surface area contributed by atoms with Crippen LogP contribution in [0.25, 0.3) is 10.9 Å². The van der Waals surface area contributed by atoms with E-state index in [1.165, 1.54) is 6.20 Å². The maximum atomic E-state index is 13.6. The number of pyridine rings is 1. The van der Waals surface area contributed by atoms with Crippen molar-refractivity contribution in [2.75, 3.05) is 23.4 Å². The number of hydrogen-bond acceptors (Lipinski definition) is 5. The zero-order chi connectivity index (χ0) is 22.3. The van der Waals surface area contributed by atoms with Gasteiger partial charge in [0.1, 0.15) is 0 Å². The summed E-state index contributed by atoms with van der Waals surface area (Å²) in [7, 11) is 0. The van der Waals surface area contributed by atoms with E-state index in [1.807, 2.05) is 18.2 Å². The third kappa shape index (κ3) is 3.90. The van der Waals surface area contributed by atoms with Gasteiger partial charge in [-0.3, -0.25) is 9.78 Å². The molecule has 32 heavy (non-hydrogen) atoms. The topological polar surface area (TPSA) is 57.3 Å². The zero-order valence-electron chi connectivity index (χ0n) is 17.3. The second-order valence-electron chi connectivity index (χ2n) is 8.37. The molecule has 2 atom stereocenters. The van der Waals surface area contributed by atoms with Crippen LogP contribution < -0.4 is 15.5 Å². The number of aromatic nitrogens is 1. The summed E-state index contributed by atoms with van der Waals surface area (Å²) in [6, 6.07) is 13.8. The Morgan fingerprint density at radius 1 is 1.16 bits per heavy atom. The Hall–Kier alpha value is -3.13. The van der Waals surface area contributed by atoms with Crippen LogP contribution in [0.2, 0.25) is 0 Å². The molecule has 2 N–H and O–H groups in total. The Labute approximate surface area is 183 Å². The maximum absolute atomic E-state index is 13.6. The number of rotatable bonds is 4. The molecule has 2 aliphatic heterocycles. The van der Waals surface area contributed by atoms with Crippen molar-refractivity contribution in [3.05, 3.63) is 65.9 Å². The van der Waals surface area contributed by atoms with Gasteiger partial charge in [-0.1, -0.05) is 18.2 Å². The second-order valence-corrected chi connectivity index (χ2v) is 8.37. The summed E-state index contributed by atoms with van der Waals surface area (Å²) < 4.78 is 40.8. The molecule has 166 valence electrons. The number of alkyl halides is 3. The molecule has 2 unspecified atom stereocenters. The van der Waals surface area contributed by atoms with Crippen molar-refractivity contribution >= 4 is 28.1 Å². The van der Waals surface area contributed by atoms with Crippen molar-refractivity contribution in [1.82, 2.24) is 10.3 Å². The third-order valence-electron chi connectivity index (χ3n) is 6.31. The van der Waals surface area contributed by atoms with Crippen molar-refractivity contribution in [2.24, 2.45) is 0 Å². The molecule has 2 aromatic carbocycles. The molecule has 5 rings (SSSR count). The molecule has 0 bridgehead atoms. The number of anilines is 2. The highest BCUT2D eigenvalue weighted by atomic mass is 19.4. The highest BCUT2D eigenvalue weighted by Crippen LogP contribution is 2.36. The molecule has 3 heterocycles. The number of piperidine rings is 1. The predicted molar refractivity (Wildman–Crippen MR) is 118 cm³/mol. The van der Waals surface area contributed by atoms with Crippen LogP contribution in [0.4, 0.5) is 24.5 Å². The number of fused-ring (bicyclic) bond motifs is 2. The quantitative estimate of drug-likeness (QED) is 0.631. The molecule has 1 aromatic heterocycles. The number of carbonyl (C=O) groups is 1. The van der Waals surface area contributed by atoms with E-state index in [0.717, 1.165) is 23.9 Å². The summed E-state index contributed by atoms with van der Waals surface area (Å²) in [5.41, 5.74) is 1.68. The van der Waals surface area contributed by atoms with Crippen LogP contribution in [0.1, 0.15) is 24.0 Å². The van der Waals surface area contributed by atoms with Crippen molar-refractivity contribution in [3.8, 4) is 0 Å². The van der Waals surface area contributed by atoms with Crippen LogP contribution in [-0.2, 0) is 17.4 Å². The summed E-state index contributed by atoms with van der Waals surface area (Å²) in [5.74, 6) is -0.0912. The maximum Gasteiger partial charge on any atom is 0.418 e. The minimum atomic E-state index is -4.53. The molecule has 0 radical (unpaired) electrons. The van der Waals surface area contributed by atoms with Gasteiger partial charge in [0, 0.05) is 24.0 Å². The average molecular weight is 440 g/mol. The SMILES string of the molecule is O=C(Cc1cc(C(F)(F)F)c2ncccc2c1)C1CC(N2CNc3ccccc32)CCN1. The first-order valence-corrected chi connectivity index (χ1v) is 10.7. The molecule has 8 heteroatoms. The second kappa shape index (κ2) is 8.09. The van der Waals surface area contributed by atoms with Crippen molar-refractivity contribution < 1.29 is 18.0 Å². The number of para-hydroxylation sites is 2. The van der Waals surface area contributed by atoms with E-state index in [-0.39, 0.29) is 29.8 Å². The molecule has 1 saturated heterocycles. The summed E-state index contributed by atoms with van der Waals surface area (Å²) in [6.07, 6.45) is -1.71. The fourth-order valence-electron chi connectivity index (χ4n) is 4.78. The predicted octanol–water partition coefficient (Wildman–Crippen LogP) is 4.38. The molecule has 3 aromatic rings. The van der Waals surface area contributed by atoms with Crippen LogP contribution >= 0.6 is 0 Å². The zero-order valence-corrected chi connectivity index (χ0v) is 17.3. The Kier molecular flexibility index (Phi) is 5.25. The lowest BCUT2D eigenvalue weighted by Crippen LogP contribution is -2.51. The summed E-state index contributed by atoms with van der Waals surface area (Å²) in [5, 5.41) is 7.03. The van der Waals surface area contributed by atoms with Gasteiger partial charge < -0.3 is 15.5 Å². The minimum absolute atomic E-state index is 0.0485. The lowest BCUT2D eigenvalue weighted by Gasteiger charge is -2.36. The van der Waals surface area contributed by atoms with Crippen LogP contribution in [0.15, 0.2) is 54.7 Å². The van der Waals surface area contributed by atoms with Gasteiger partial charge in [0.2, 0.25) is 0 Å². The Bertz CT molecular complexity index is 1160. The fraction of sp³-hybridized carbons (Fsp3) is 0.333. The fourth-order valence-corrected chi connectivity index (χ4v) is 4.78. The van der Waals surface area contributed by atoms with Crippen LogP contribution in [-0.4, -0.2) is 36.1 Å². The molecule has 0 aliphatic carbocycles. The van der Waals surface area contributed by atoms with Crippen LogP contribution in [0, 0.1) is 0 Å². The van der Waals surface area contributed by atoms with Gasteiger partial charge in [-0.25, -0.2) is 0 Å². The van der Waals surface area contributed by atoms with E-state index >= 15 is 0 Å². The molecule has 0 spiro atoms. The number of carbonyl (C=O) groups excluding carboxylic acids is 1. The van der Waals surface area contributed by atoms with Crippen molar-refractivity contribution in [2.45, 2.75) is 37.5 Å². The standard InChI is InChI=1S/C24H23F3N4O/c25-24(26,27)18-11-15(10-16-4-3-8-29-23(16)18)12-22(32)20-13-17(7-9-28-20)31-14-30-19-5-1-2-6-21(19)31/h1-6,8,10-11,17,20,28,30H,7,9,12-14H2. The van der Waals surface area contributed by atoms with E-state index in [4.69, 9.17) is 0 Å². The number of hydrogen-bond donors (Lipinski definition) is 2. The van der Waals surface area contributed by atoms with Gasteiger partial charge in [-0.15, -0.1) is 0 Å². The highest BCUT2D eigenvalue weighted by Gasteiger charge is 2.35. The van der Waals surface area contributed by atoms with Gasteiger partial charge >= 0.3 is 6.18 Å². The van der Waals surface area contributed by atoms with E-state index < -0.39 is 11.7 Å². The first-order chi connectivity index (χ1) is 15.4. The number of nitrogens with one attached hydrogen (secondary N) is 2. The molecule has 5 nitrogen and oxygen atoms in total. The molecule has 0 amide bonds. The first-order valence-electron chi connectivity index (χ1n) is 10.7. The smallest absolute Gasteiger partial charge is 0.366 e. The molecular weight excluding hydrogens is 417 g/mol. The highest BCUT2D eigenvalue weighted by molar-refractivity contribution is 5.89. The monoisotopic (exact) mass is 440 g/mol. The minimum Gasteiger partial charge on any atom is -0.366 e. The first kappa shape index (κ1) is 20.8. The van der Waals surface area contributed by atoms with Crippen molar-refractivity contribution in [1.29, 1.82) is 0 Å². The molecule has 1 fully saturated rings. The lowest BCUT2D eigenvalue weighted by molar-refractivity contribution is -0.136. The third-order valence-corrected chi connectivity index (χ3v) is 6.31. The molecular formula is C24H23F3N4O. The number of benzene rings is 2. The van der Waals surface area contributed by atoms with E-state index in [1.54, 1.807) is 18.2 Å².